The molecule has 0 rings (SSSR count). The molecule has 0 aliphatic heterocycles. The van der Waals surface area contributed by atoms with Crippen LogP contribution in [0.5, 0.6) is 0 Å². The molecule has 49 valence electrons. The van der Waals surface area contributed by atoms with E-state index < -0.39 is 17.6 Å². The molecule has 0 N–H and O–H groups in total. The van der Waals surface area contributed by atoms with Crippen molar-refractivity contribution in [3.63, 3.8) is 0 Å². The van der Waals surface area contributed by atoms with E-state index in [0.29, 0.717) is 0 Å². The zero-order valence-electron chi connectivity index (χ0n) is 4.44. The Hall–Kier alpha value is -0.676. The molecular formula is C3H4NO4V+. The van der Waals surface area contributed by atoms with E-state index in [1.54, 1.807) is 0 Å². The number of hydrogen-bond acceptors (Lipinski definition) is 4. The summed E-state index contributed by atoms with van der Waals surface area (Å²) in [6, 6.07) is 0. The molecule has 0 saturated heterocycles. The SMILES string of the molecule is [CH2-]C(=O)OC[N+](=O)[O-].[V+2]. The number of ether oxygens (including phenoxy) is 1. The molecule has 0 amide bonds. The van der Waals surface area contributed by atoms with Gasteiger partial charge in [0.1, 0.15) is 0 Å². The summed E-state index contributed by atoms with van der Waals surface area (Å²) in [5.74, 6) is -0.887. The van der Waals surface area contributed by atoms with Gasteiger partial charge in [0.2, 0.25) is 0 Å². The molecule has 1 radical (unpaired) electrons. The summed E-state index contributed by atoms with van der Waals surface area (Å²) in [6.45, 7) is 1.94. The number of rotatable bonds is 2. The van der Waals surface area contributed by atoms with Crippen molar-refractivity contribution in [3.05, 3.63) is 17.0 Å². The molecule has 0 aliphatic carbocycles. The van der Waals surface area contributed by atoms with Gasteiger partial charge in [-0.25, -0.2) is 0 Å². The fourth-order valence-electron chi connectivity index (χ4n) is 0.125. The van der Waals surface area contributed by atoms with Gasteiger partial charge in [0.15, 0.2) is 5.97 Å². The van der Waals surface area contributed by atoms with Crippen molar-refractivity contribution in [3.8, 4) is 0 Å². The molecule has 6 heteroatoms. The molecule has 0 atom stereocenters. The third kappa shape index (κ3) is 11.1. The second-order valence-corrected chi connectivity index (χ2v) is 0.978. The van der Waals surface area contributed by atoms with Crippen molar-refractivity contribution in [2.45, 2.75) is 0 Å². The maximum atomic E-state index is 9.71. The van der Waals surface area contributed by atoms with Gasteiger partial charge in [-0.3, -0.25) is 21.8 Å². The number of carbonyl (C=O) groups is 1. The number of nitro groups is 1. The van der Waals surface area contributed by atoms with Gasteiger partial charge in [0.05, 0.1) is 4.92 Å². The van der Waals surface area contributed by atoms with Gasteiger partial charge in [0.25, 0.3) is 0 Å². The number of esters is 1. The van der Waals surface area contributed by atoms with Crippen LogP contribution in [0.1, 0.15) is 0 Å². The third-order valence-corrected chi connectivity index (χ3v) is 0.331. The predicted octanol–water partition coefficient (Wildman–Crippen LogP) is -0.405. The fraction of sp³-hybridized carbons (Fsp3) is 0.333. The first-order chi connectivity index (χ1) is 3.63. The van der Waals surface area contributed by atoms with Crippen molar-refractivity contribution < 1.29 is 33.0 Å². The zero-order valence-corrected chi connectivity index (χ0v) is 5.84. The van der Waals surface area contributed by atoms with Crippen molar-refractivity contribution in [1.82, 2.24) is 0 Å². The Balaban J connectivity index is 0. The maximum absolute atomic E-state index is 9.71. The standard InChI is InChI=1S/C3H4NO4.V/c1-3(5)8-2-4(6)7;/h1-2H2;/q-1;+2. The molecule has 0 aromatic heterocycles. The smallest absolute Gasteiger partial charge is 0.427 e. The van der Waals surface area contributed by atoms with E-state index in [4.69, 9.17) is 0 Å². The predicted molar refractivity (Wildman–Crippen MR) is 23.3 cm³/mol. The van der Waals surface area contributed by atoms with Gasteiger partial charge >= 0.3 is 25.3 Å². The van der Waals surface area contributed by atoms with Crippen LogP contribution in [0.4, 0.5) is 0 Å². The summed E-state index contributed by atoms with van der Waals surface area (Å²) in [5, 5.41) is 9.40. The summed E-state index contributed by atoms with van der Waals surface area (Å²) in [7, 11) is 0. The minimum absolute atomic E-state index is 0. The molecule has 0 aromatic rings. The minimum Gasteiger partial charge on any atom is -0.427 e. The Labute approximate surface area is 63.4 Å². The molecule has 0 spiro atoms. The molecule has 0 aromatic carbocycles. The summed E-state index contributed by atoms with van der Waals surface area (Å²) in [4.78, 5) is 18.4. The van der Waals surface area contributed by atoms with E-state index in [0.717, 1.165) is 0 Å². The molecule has 0 heterocycles. The molecule has 0 saturated carbocycles. The zero-order chi connectivity index (χ0) is 6.57. The molecule has 0 fully saturated rings. The van der Waals surface area contributed by atoms with Gasteiger partial charge < -0.3 is 4.74 Å². The van der Waals surface area contributed by atoms with Crippen LogP contribution in [-0.2, 0) is 28.1 Å². The topological polar surface area (TPSA) is 69.4 Å². The van der Waals surface area contributed by atoms with Gasteiger partial charge in [-0.05, 0) is 0 Å². The summed E-state index contributed by atoms with van der Waals surface area (Å²) in [6.07, 6.45) is 0. The maximum Gasteiger partial charge on any atom is 2.00 e. The van der Waals surface area contributed by atoms with Crippen LogP contribution in [0.25, 0.3) is 0 Å². The Morgan fingerprint density at radius 3 is 2.33 bits per heavy atom. The van der Waals surface area contributed by atoms with E-state index in [2.05, 4.69) is 11.7 Å². The average molecular weight is 169 g/mol. The number of carbonyl (C=O) groups excluding carboxylic acids is 1. The Kier molecular flexibility index (Phi) is 6.77. The van der Waals surface area contributed by atoms with Crippen molar-refractivity contribution in [1.29, 1.82) is 0 Å². The van der Waals surface area contributed by atoms with Crippen LogP contribution >= 0.6 is 0 Å². The van der Waals surface area contributed by atoms with Crippen LogP contribution in [0.3, 0.4) is 0 Å². The van der Waals surface area contributed by atoms with Crippen LogP contribution < -0.4 is 0 Å². The average Bonchev–Trinajstić information content (AvgIpc) is 1.61. The third-order valence-electron chi connectivity index (χ3n) is 0.331. The Morgan fingerprint density at radius 2 is 2.22 bits per heavy atom. The summed E-state index contributed by atoms with van der Waals surface area (Å²) >= 11 is 0. The van der Waals surface area contributed by atoms with E-state index in [1.165, 1.54) is 0 Å². The molecule has 5 nitrogen and oxygen atoms in total. The van der Waals surface area contributed by atoms with E-state index in [9.17, 15) is 14.9 Å². The van der Waals surface area contributed by atoms with Gasteiger partial charge in [0, 0.05) is 0 Å². The summed E-state index contributed by atoms with van der Waals surface area (Å²) < 4.78 is 3.85. The van der Waals surface area contributed by atoms with Crippen molar-refractivity contribution in [2.24, 2.45) is 0 Å². The number of nitrogens with zero attached hydrogens (tertiary/aromatic N) is 1. The molecule has 0 unspecified atom stereocenters. The van der Waals surface area contributed by atoms with Crippen LogP contribution in [-0.4, -0.2) is 17.6 Å². The first kappa shape index (κ1) is 11.2. The van der Waals surface area contributed by atoms with Crippen molar-refractivity contribution in [2.75, 3.05) is 6.73 Å². The molecule has 0 aliphatic rings. The first-order valence-electron chi connectivity index (χ1n) is 1.73. The van der Waals surface area contributed by atoms with E-state index >= 15 is 0 Å². The minimum atomic E-state index is -0.887. The quantitative estimate of drug-likeness (QED) is 0.185. The Bertz CT molecular complexity index is 100. The number of hydrogen-bond donors (Lipinski definition) is 0. The van der Waals surface area contributed by atoms with Gasteiger partial charge in [-0.1, -0.05) is 0 Å². The molecule has 9 heavy (non-hydrogen) atoms. The fourth-order valence-corrected chi connectivity index (χ4v) is 0.125. The van der Waals surface area contributed by atoms with Crippen LogP contribution in [0.15, 0.2) is 0 Å². The van der Waals surface area contributed by atoms with Crippen LogP contribution in [0, 0.1) is 17.0 Å². The van der Waals surface area contributed by atoms with Gasteiger partial charge in [-0.2, -0.15) is 0 Å². The second-order valence-electron chi connectivity index (χ2n) is 0.978. The monoisotopic (exact) mass is 169 g/mol. The van der Waals surface area contributed by atoms with Gasteiger partial charge in [-0.15, -0.1) is 0 Å². The molecule has 0 bridgehead atoms. The normalized spacial score (nSPS) is 7.11. The Morgan fingerprint density at radius 1 is 1.78 bits per heavy atom. The van der Waals surface area contributed by atoms with E-state index in [-0.39, 0.29) is 18.6 Å². The summed E-state index contributed by atoms with van der Waals surface area (Å²) in [5.41, 5.74) is 0. The largest absolute Gasteiger partial charge is 2.00 e. The van der Waals surface area contributed by atoms with Crippen LogP contribution in [0.2, 0.25) is 0 Å². The van der Waals surface area contributed by atoms with Crippen molar-refractivity contribution >= 4 is 5.97 Å². The first-order valence-corrected chi connectivity index (χ1v) is 1.73. The molecular weight excluding hydrogens is 165 g/mol. The van der Waals surface area contributed by atoms with E-state index in [1.807, 2.05) is 0 Å². The second kappa shape index (κ2) is 5.46.